The predicted octanol–water partition coefficient (Wildman–Crippen LogP) is 5.13. The molecular formula is C27H24F2N4O2. The molecule has 1 amide bonds. The van der Waals surface area contributed by atoms with Crippen molar-refractivity contribution in [1.29, 1.82) is 0 Å². The lowest BCUT2D eigenvalue weighted by Gasteiger charge is -2.36. The molecule has 178 valence electrons. The normalized spacial score (nSPS) is 13.7. The van der Waals surface area contributed by atoms with Crippen LogP contribution in [0.1, 0.15) is 15.9 Å². The Morgan fingerprint density at radius 3 is 2.11 bits per heavy atom. The van der Waals surface area contributed by atoms with Crippen molar-refractivity contribution in [3.63, 3.8) is 0 Å². The summed E-state index contributed by atoms with van der Waals surface area (Å²) in [4.78, 5) is 23.7. The average Bonchev–Trinajstić information content (AvgIpc) is 3.44. The van der Waals surface area contributed by atoms with Crippen molar-refractivity contribution in [2.24, 2.45) is 0 Å². The number of furan rings is 1. The van der Waals surface area contributed by atoms with Crippen LogP contribution in [0.25, 0.3) is 0 Å². The number of piperazine rings is 1. The number of rotatable bonds is 6. The summed E-state index contributed by atoms with van der Waals surface area (Å²) in [7, 11) is 0. The molecule has 3 heterocycles. The summed E-state index contributed by atoms with van der Waals surface area (Å²) in [5, 5.41) is 0. The van der Waals surface area contributed by atoms with E-state index in [0.717, 1.165) is 43.2 Å². The molecule has 1 fully saturated rings. The van der Waals surface area contributed by atoms with Gasteiger partial charge in [-0.05, 0) is 66.2 Å². The van der Waals surface area contributed by atoms with Gasteiger partial charge in [-0.25, -0.2) is 13.8 Å². The van der Waals surface area contributed by atoms with Crippen LogP contribution in [0.2, 0.25) is 0 Å². The van der Waals surface area contributed by atoms with E-state index in [1.165, 1.54) is 36.8 Å². The second kappa shape index (κ2) is 9.97. The predicted molar refractivity (Wildman–Crippen MR) is 131 cm³/mol. The zero-order valence-electron chi connectivity index (χ0n) is 19.0. The van der Waals surface area contributed by atoms with Gasteiger partial charge in [-0.1, -0.05) is 6.07 Å². The quantitative estimate of drug-likeness (QED) is 0.388. The second-order valence-corrected chi connectivity index (χ2v) is 8.35. The van der Waals surface area contributed by atoms with E-state index in [0.29, 0.717) is 11.3 Å². The number of aromatic nitrogens is 1. The Kier molecular flexibility index (Phi) is 6.43. The Hall–Kier alpha value is -4.20. The molecule has 0 radical (unpaired) electrons. The number of carbonyl (C=O) groups excluding carboxylic acids is 1. The van der Waals surface area contributed by atoms with Crippen molar-refractivity contribution >= 4 is 23.1 Å². The minimum absolute atomic E-state index is 0.235. The van der Waals surface area contributed by atoms with Gasteiger partial charge in [0.2, 0.25) is 0 Å². The molecule has 0 saturated carbocycles. The van der Waals surface area contributed by atoms with Gasteiger partial charge in [-0.2, -0.15) is 0 Å². The molecule has 4 aromatic rings. The Morgan fingerprint density at radius 2 is 1.51 bits per heavy atom. The lowest BCUT2D eigenvalue weighted by molar-refractivity contribution is 0.0984. The van der Waals surface area contributed by atoms with Gasteiger partial charge in [0.25, 0.3) is 5.91 Å². The molecule has 6 nitrogen and oxygen atoms in total. The summed E-state index contributed by atoms with van der Waals surface area (Å²) in [5.41, 5.74) is 2.86. The summed E-state index contributed by atoms with van der Waals surface area (Å²) in [6, 6.07) is 17.9. The Labute approximate surface area is 202 Å². The van der Waals surface area contributed by atoms with Gasteiger partial charge >= 0.3 is 0 Å². The van der Waals surface area contributed by atoms with Gasteiger partial charge in [-0.3, -0.25) is 4.79 Å². The molecular weight excluding hydrogens is 450 g/mol. The number of hydrogen-bond acceptors (Lipinski definition) is 5. The van der Waals surface area contributed by atoms with E-state index in [9.17, 15) is 13.6 Å². The molecule has 0 unspecified atom stereocenters. The SMILES string of the molecule is O=C(c1ccoc1)N(Cc1ccc(N2CCN(c3ccc(F)cc3)CC2)nc1)c1ccc(F)cc1. The summed E-state index contributed by atoms with van der Waals surface area (Å²) in [6.07, 6.45) is 4.61. The van der Waals surface area contributed by atoms with Crippen LogP contribution in [0, 0.1) is 11.6 Å². The van der Waals surface area contributed by atoms with Crippen LogP contribution < -0.4 is 14.7 Å². The number of benzene rings is 2. The molecule has 5 rings (SSSR count). The first kappa shape index (κ1) is 22.6. The Morgan fingerprint density at radius 1 is 0.857 bits per heavy atom. The third-order valence-electron chi connectivity index (χ3n) is 6.10. The molecule has 1 aliphatic rings. The van der Waals surface area contributed by atoms with Crippen LogP contribution in [0.3, 0.4) is 0 Å². The monoisotopic (exact) mass is 474 g/mol. The Bertz CT molecular complexity index is 1250. The molecule has 1 aliphatic heterocycles. The van der Waals surface area contributed by atoms with Crippen LogP contribution in [-0.4, -0.2) is 37.1 Å². The lowest BCUT2D eigenvalue weighted by Crippen LogP contribution is -2.46. The highest BCUT2D eigenvalue weighted by Gasteiger charge is 2.21. The van der Waals surface area contributed by atoms with Crippen molar-refractivity contribution in [3.8, 4) is 0 Å². The fourth-order valence-corrected chi connectivity index (χ4v) is 4.17. The van der Waals surface area contributed by atoms with E-state index in [-0.39, 0.29) is 24.1 Å². The third kappa shape index (κ3) is 5.16. The minimum Gasteiger partial charge on any atom is -0.472 e. The molecule has 0 atom stereocenters. The third-order valence-corrected chi connectivity index (χ3v) is 6.10. The standard InChI is InChI=1S/C27H24F2N4O2/c28-22-2-6-24(7-3-22)31-12-14-32(15-13-31)26-10-1-20(17-30-26)18-33(25-8-4-23(29)5-9-25)27(34)21-11-16-35-19-21/h1-11,16-17,19H,12-15,18H2. The zero-order chi connectivity index (χ0) is 24.2. The number of amides is 1. The minimum atomic E-state index is -0.366. The van der Waals surface area contributed by atoms with E-state index < -0.39 is 0 Å². The van der Waals surface area contributed by atoms with Crippen molar-refractivity contribution in [2.45, 2.75) is 6.54 Å². The van der Waals surface area contributed by atoms with Gasteiger partial charge in [0.05, 0.1) is 18.4 Å². The first-order valence-electron chi connectivity index (χ1n) is 11.4. The molecule has 8 heteroatoms. The maximum atomic E-state index is 13.5. The molecule has 2 aromatic carbocycles. The van der Waals surface area contributed by atoms with Crippen LogP contribution >= 0.6 is 0 Å². The highest BCUT2D eigenvalue weighted by atomic mass is 19.1. The Balaban J connectivity index is 1.27. The van der Waals surface area contributed by atoms with Crippen molar-refractivity contribution < 1.29 is 18.0 Å². The number of carbonyl (C=O) groups is 1. The molecule has 0 aliphatic carbocycles. The lowest BCUT2D eigenvalue weighted by atomic mass is 10.2. The maximum Gasteiger partial charge on any atom is 0.261 e. The molecule has 0 N–H and O–H groups in total. The van der Waals surface area contributed by atoms with E-state index >= 15 is 0 Å². The summed E-state index contributed by atoms with van der Waals surface area (Å²) < 4.78 is 31.7. The molecule has 35 heavy (non-hydrogen) atoms. The van der Waals surface area contributed by atoms with Gasteiger partial charge in [-0.15, -0.1) is 0 Å². The molecule has 0 bridgehead atoms. The van der Waals surface area contributed by atoms with E-state index in [2.05, 4.69) is 14.8 Å². The van der Waals surface area contributed by atoms with Crippen LogP contribution in [-0.2, 0) is 6.54 Å². The molecule has 1 saturated heterocycles. The van der Waals surface area contributed by atoms with Gasteiger partial charge < -0.3 is 19.1 Å². The van der Waals surface area contributed by atoms with Crippen molar-refractivity contribution in [1.82, 2.24) is 4.98 Å². The number of nitrogens with zero attached hydrogens (tertiary/aromatic N) is 4. The smallest absolute Gasteiger partial charge is 0.261 e. The van der Waals surface area contributed by atoms with Crippen molar-refractivity contribution in [2.75, 3.05) is 40.9 Å². The second-order valence-electron chi connectivity index (χ2n) is 8.35. The average molecular weight is 475 g/mol. The first-order valence-corrected chi connectivity index (χ1v) is 11.4. The number of hydrogen-bond donors (Lipinski definition) is 0. The van der Waals surface area contributed by atoms with Gasteiger partial charge in [0, 0.05) is 43.8 Å². The van der Waals surface area contributed by atoms with Crippen LogP contribution in [0.5, 0.6) is 0 Å². The van der Waals surface area contributed by atoms with E-state index in [1.54, 1.807) is 41.4 Å². The highest BCUT2D eigenvalue weighted by Crippen LogP contribution is 2.23. The van der Waals surface area contributed by atoms with E-state index in [1.807, 2.05) is 12.1 Å². The van der Waals surface area contributed by atoms with Gasteiger partial charge in [0.15, 0.2) is 0 Å². The first-order chi connectivity index (χ1) is 17.1. The highest BCUT2D eigenvalue weighted by molar-refractivity contribution is 6.05. The number of anilines is 3. The zero-order valence-corrected chi connectivity index (χ0v) is 19.0. The van der Waals surface area contributed by atoms with Crippen molar-refractivity contribution in [3.05, 3.63) is 108 Å². The maximum absolute atomic E-state index is 13.5. The summed E-state index contributed by atoms with van der Waals surface area (Å²) >= 11 is 0. The number of halogens is 2. The fraction of sp³-hybridized carbons (Fsp3) is 0.185. The molecule has 0 spiro atoms. The largest absolute Gasteiger partial charge is 0.472 e. The summed E-state index contributed by atoms with van der Waals surface area (Å²) in [6.45, 7) is 3.50. The molecule has 2 aromatic heterocycles. The van der Waals surface area contributed by atoms with Gasteiger partial charge in [0.1, 0.15) is 23.7 Å². The fourth-order valence-electron chi connectivity index (χ4n) is 4.17. The van der Waals surface area contributed by atoms with E-state index in [4.69, 9.17) is 4.42 Å². The van der Waals surface area contributed by atoms with Crippen LogP contribution in [0.4, 0.5) is 26.0 Å². The number of pyridine rings is 1. The van der Waals surface area contributed by atoms with Crippen LogP contribution in [0.15, 0.2) is 89.9 Å². The summed E-state index contributed by atoms with van der Waals surface area (Å²) in [5.74, 6) is 0.0180. The topological polar surface area (TPSA) is 52.8 Å².